The smallest absolute Gasteiger partial charge is 0.259 e. The largest absolute Gasteiger partial charge is 0.306 e. The van der Waals surface area contributed by atoms with E-state index in [0.29, 0.717) is 0 Å². The van der Waals surface area contributed by atoms with E-state index in [1.54, 1.807) is 13.0 Å². The summed E-state index contributed by atoms with van der Waals surface area (Å²) in [5.41, 5.74) is 0.703. The van der Waals surface area contributed by atoms with Gasteiger partial charge >= 0.3 is 0 Å². The molecule has 2 rings (SSSR count). The van der Waals surface area contributed by atoms with Crippen LogP contribution in [0.3, 0.4) is 0 Å². The molecule has 0 aliphatic heterocycles. The topological polar surface area (TPSA) is 42.0 Å². The van der Waals surface area contributed by atoms with Crippen molar-refractivity contribution in [2.24, 2.45) is 0 Å². The van der Waals surface area contributed by atoms with E-state index in [2.05, 4.69) is 10.3 Å². The lowest BCUT2D eigenvalue weighted by atomic mass is 10.1. The summed E-state index contributed by atoms with van der Waals surface area (Å²) in [6, 6.07) is 6.70. The molecule has 0 fully saturated rings. The van der Waals surface area contributed by atoms with Gasteiger partial charge in [-0.1, -0.05) is 11.6 Å². The molecule has 0 saturated heterocycles. The van der Waals surface area contributed by atoms with Crippen molar-refractivity contribution in [3.8, 4) is 0 Å². The van der Waals surface area contributed by atoms with Crippen molar-refractivity contribution < 1.29 is 13.6 Å². The summed E-state index contributed by atoms with van der Waals surface area (Å²) in [6.45, 7) is 1.76. The first-order valence-corrected chi connectivity index (χ1v) is 5.25. The lowest BCUT2D eigenvalue weighted by Gasteiger charge is -2.06. The molecule has 1 N–H and O–H groups in total. The normalized spacial score (nSPS) is 10.2. The fourth-order valence-electron chi connectivity index (χ4n) is 1.45. The maximum Gasteiger partial charge on any atom is 0.259 e. The number of hydrogen-bond donors (Lipinski definition) is 1. The number of nitrogens with zero attached hydrogens (tertiary/aromatic N) is 1. The third-order valence-corrected chi connectivity index (χ3v) is 2.34. The molecular formula is C13H10F2N2O. The highest BCUT2D eigenvalue weighted by Gasteiger charge is 2.12. The summed E-state index contributed by atoms with van der Waals surface area (Å²) >= 11 is 0. The van der Waals surface area contributed by atoms with E-state index in [-0.39, 0.29) is 11.4 Å². The van der Waals surface area contributed by atoms with Gasteiger partial charge in [-0.05, 0) is 31.2 Å². The van der Waals surface area contributed by atoms with Crippen LogP contribution in [-0.4, -0.2) is 10.9 Å². The van der Waals surface area contributed by atoms with Crippen molar-refractivity contribution in [3.63, 3.8) is 0 Å². The lowest BCUT2D eigenvalue weighted by Crippen LogP contribution is -2.14. The monoisotopic (exact) mass is 248 g/mol. The molecule has 0 bridgehead atoms. The highest BCUT2D eigenvalue weighted by atomic mass is 19.1. The minimum absolute atomic E-state index is 0.0684. The predicted octanol–water partition coefficient (Wildman–Crippen LogP) is 2.92. The number of aromatic nitrogens is 1. The number of pyridine rings is 1. The minimum Gasteiger partial charge on any atom is -0.306 e. The number of carbonyl (C=O) groups excluding carboxylic acids is 1. The van der Waals surface area contributed by atoms with E-state index in [0.717, 1.165) is 17.8 Å². The van der Waals surface area contributed by atoms with Gasteiger partial charge in [-0.2, -0.15) is 0 Å². The lowest BCUT2D eigenvalue weighted by molar-refractivity contribution is 0.102. The fourth-order valence-corrected chi connectivity index (χ4v) is 1.45. The maximum absolute atomic E-state index is 13.4. The summed E-state index contributed by atoms with van der Waals surface area (Å²) < 4.78 is 26.1. The molecule has 5 heteroatoms. The molecule has 1 aromatic carbocycles. The first-order valence-electron chi connectivity index (χ1n) is 5.25. The zero-order valence-electron chi connectivity index (χ0n) is 9.58. The SMILES string of the molecule is Cc1ccc(F)c(C(=O)Nc2ccc(F)cn2)c1. The highest BCUT2D eigenvalue weighted by molar-refractivity contribution is 6.04. The number of hydrogen-bond acceptors (Lipinski definition) is 2. The number of nitrogens with one attached hydrogen (secondary N) is 1. The van der Waals surface area contributed by atoms with Crippen LogP contribution >= 0.6 is 0 Å². The van der Waals surface area contributed by atoms with Gasteiger partial charge in [-0.25, -0.2) is 13.8 Å². The third kappa shape index (κ3) is 2.68. The molecular weight excluding hydrogens is 238 g/mol. The van der Waals surface area contributed by atoms with E-state index in [4.69, 9.17) is 0 Å². The van der Waals surface area contributed by atoms with E-state index >= 15 is 0 Å². The van der Waals surface area contributed by atoms with Crippen molar-refractivity contribution in [1.82, 2.24) is 4.98 Å². The van der Waals surface area contributed by atoms with E-state index in [9.17, 15) is 13.6 Å². The number of aryl methyl sites for hydroxylation is 1. The molecule has 0 aliphatic carbocycles. The summed E-state index contributed by atoms with van der Waals surface area (Å²) in [5.74, 6) is -1.56. The van der Waals surface area contributed by atoms with Gasteiger partial charge in [0.15, 0.2) is 0 Å². The Labute approximate surface area is 102 Å². The van der Waals surface area contributed by atoms with Gasteiger partial charge in [0.05, 0.1) is 11.8 Å². The standard InChI is InChI=1S/C13H10F2N2O/c1-8-2-4-11(15)10(6-8)13(18)17-12-5-3-9(14)7-16-12/h2-7H,1H3,(H,16,17,18). The Bertz CT molecular complexity index is 582. The Hall–Kier alpha value is -2.30. The van der Waals surface area contributed by atoms with Crippen LogP contribution in [0.5, 0.6) is 0 Å². The second-order valence-corrected chi connectivity index (χ2v) is 3.80. The Kier molecular flexibility index (Phi) is 3.32. The van der Waals surface area contributed by atoms with Gasteiger partial charge in [0, 0.05) is 0 Å². The Balaban J connectivity index is 2.21. The molecule has 0 radical (unpaired) electrons. The van der Waals surface area contributed by atoms with Crippen LogP contribution in [0.2, 0.25) is 0 Å². The summed E-state index contributed by atoms with van der Waals surface area (Å²) in [7, 11) is 0. The Morgan fingerprint density at radius 3 is 2.67 bits per heavy atom. The second-order valence-electron chi connectivity index (χ2n) is 3.80. The van der Waals surface area contributed by atoms with E-state index in [1.165, 1.54) is 18.2 Å². The van der Waals surface area contributed by atoms with Crippen molar-refractivity contribution in [2.75, 3.05) is 5.32 Å². The van der Waals surface area contributed by atoms with Crippen molar-refractivity contribution in [2.45, 2.75) is 6.92 Å². The van der Waals surface area contributed by atoms with Crippen LogP contribution in [0.1, 0.15) is 15.9 Å². The molecule has 0 aliphatic rings. The molecule has 1 aromatic heterocycles. The number of amides is 1. The number of anilines is 1. The Morgan fingerprint density at radius 2 is 2.00 bits per heavy atom. The van der Waals surface area contributed by atoms with Crippen molar-refractivity contribution in [1.29, 1.82) is 0 Å². The second kappa shape index (κ2) is 4.91. The summed E-state index contributed by atoms with van der Waals surface area (Å²) in [4.78, 5) is 15.5. The van der Waals surface area contributed by atoms with Crippen LogP contribution in [0.4, 0.5) is 14.6 Å². The molecule has 0 unspecified atom stereocenters. The van der Waals surface area contributed by atoms with E-state index < -0.39 is 17.5 Å². The molecule has 18 heavy (non-hydrogen) atoms. The maximum atomic E-state index is 13.4. The van der Waals surface area contributed by atoms with Gasteiger partial charge in [0.2, 0.25) is 0 Å². The number of rotatable bonds is 2. The molecule has 2 aromatic rings. The molecule has 1 amide bonds. The molecule has 0 atom stereocenters. The third-order valence-electron chi connectivity index (χ3n) is 2.34. The van der Waals surface area contributed by atoms with Gasteiger partial charge < -0.3 is 5.32 Å². The minimum atomic E-state index is -0.615. The van der Waals surface area contributed by atoms with Crippen LogP contribution in [0, 0.1) is 18.6 Å². The molecule has 0 spiro atoms. The first kappa shape index (κ1) is 12.2. The van der Waals surface area contributed by atoms with Crippen LogP contribution in [-0.2, 0) is 0 Å². The highest BCUT2D eigenvalue weighted by Crippen LogP contribution is 2.12. The van der Waals surface area contributed by atoms with Gasteiger partial charge in [-0.15, -0.1) is 0 Å². The number of benzene rings is 1. The van der Waals surface area contributed by atoms with Gasteiger partial charge in [-0.3, -0.25) is 4.79 Å². The zero-order valence-corrected chi connectivity index (χ0v) is 9.58. The molecule has 3 nitrogen and oxygen atoms in total. The zero-order chi connectivity index (χ0) is 13.1. The quantitative estimate of drug-likeness (QED) is 0.887. The average molecular weight is 248 g/mol. The van der Waals surface area contributed by atoms with Crippen LogP contribution < -0.4 is 5.32 Å². The number of halogens is 2. The van der Waals surface area contributed by atoms with E-state index in [1.807, 2.05) is 0 Å². The van der Waals surface area contributed by atoms with Crippen molar-refractivity contribution >= 4 is 11.7 Å². The van der Waals surface area contributed by atoms with Crippen molar-refractivity contribution in [3.05, 3.63) is 59.3 Å². The summed E-state index contributed by atoms with van der Waals surface area (Å²) in [6.07, 6.45) is 0.974. The molecule has 0 saturated carbocycles. The first-order chi connectivity index (χ1) is 8.56. The average Bonchev–Trinajstić information content (AvgIpc) is 2.35. The molecule has 92 valence electrons. The van der Waals surface area contributed by atoms with Gasteiger partial charge in [0.1, 0.15) is 17.5 Å². The fraction of sp³-hybridized carbons (Fsp3) is 0.0769. The predicted molar refractivity (Wildman–Crippen MR) is 63.3 cm³/mol. The van der Waals surface area contributed by atoms with Gasteiger partial charge in [0.25, 0.3) is 5.91 Å². The molecule has 1 heterocycles. The Morgan fingerprint density at radius 1 is 1.22 bits per heavy atom. The number of carbonyl (C=O) groups is 1. The van der Waals surface area contributed by atoms with Crippen LogP contribution in [0.15, 0.2) is 36.5 Å². The van der Waals surface area contributed by atoms with Crippen LogP contribution in [0.25, 0.3) is 0 Å². The summed E-state index contributed by atoms with van der Waals surface area (Å²) in [5, 5.41) is 2.40.